The van der Waals surface area contributed by atoms with Crippen LogP contribution in [0.2, 0.25) is 0 Å². The summed E-state index contributed by atoms with van der Waals surface area (Å²) in [6, 6.07) is 11.1. The van der Waals surface area contributed by atoms with Gasteiger partial charge in [-0.3, -0.25) is 4.79 Å². The van der Waals surface area contributed by atoms with Crippen molar-refractivity contribution in [3.8, 4) is 5.75 Å². The second-order valence-electron chi connectivity index (χ2n) is 5.25. The van der Waals surface area contributed by atoms with E-state index in [-0.39, 0.29) is 5.91 Å². The van der Waals surface area contributed by atoms with Gasteiger partial charge < -0.3 is 14.8 Å². The summed E-state index contributed by atoms with van der Waals surface area (Å²) in [5.41, 5.74) is 1.25. The van der Waals surface area contributed by atoms with Crippen LogP contribution < -0.4 is 10.1 Å². The van der Waals surface area contributed by atoms with E-state index in [1.807, 2.05) is 48.7 Å². The molecule has 0 unspecified atom stereocenters. The Morgan fingerprint density at radius 3 is 2.52 bits per heavy atom. The van der Waals surface area contributed by atoms with Crippen molar-refractivity contribution in [2.75, 3.05) is 13.7 Å². The van der Waals surface area contributed by atoms with Crippen molar-refractivity contribution in [3.05, 3.63) is 52.2 Å². The topological polar surface area (TPSA) is 64.6 Å². The molecule has 0 saturated carbocycles. The van der Waals surface area contributed by atoms with E-state index >= 15 is 0 Å². The minimum Gasteiger partial charge on any atom is -0.497 e. The first kappa shape index (κ1) is 18.7. The van der Waals surface area contributed by atoms with Gasteiger partial charge in [-0.2, -0.15) is 0 Å². The molecule has 0 aliphatic rings. The van der Waals surface area contributed by atoms with E-state index in [0.717, 1.165) is 16.2 Å². The van der Waals surface area contributed by atoms with Crippen molar-refractivity contribution in [1.82, 2.24) is 5.32 Å². The minimum absolute atomic E-state index is 0.314. The van der Waals surface area contributed by atoms with Gasteiger partial charge in [0.2, 0.25) is 0 Å². The molecule has 0 spiro atoms. The van der Waals surface area contributed by atoms with Crippen LogP contribution in [0.3, 0.4) is 0 Å². The molecule has 1 atom stereocenters. The fourth-order valence-corrected chi connectivity index (χ4v) is 2.85. The van der Waals surface area contributed by atoms with Crippen LogP contribution in [0, 0.1) is 0 Å². The highest BCUT2D eigenvalue weighted by Crippen LogP contribution is 2.25. The van der Waals surface area contributed by atoms with Gasteiger partial charge in [0.1, 0.15) is 5.75 Å². The lowest BCUT2D eigenvalue weighted by Gasteiger charge is -2.14. The van der Waals surface area contributed by atoms with Crippen molar-refractivity contribution in [1.29, 1.82) is 0 Å². The molecule has 0 bridgehead atoms. The Morgan fingerprint density at radius 2 is 1.96 bits per heavy atom. The number of carbonyl (C=O) groups excluding carboxylic acids is 2. The summed E-state index contributed by atoms with van der Waals surface area (Å²) in [5.74, 6) is -0.106. The van der Waals surface area contributed by atoms with E-state index < -0.39 is 12.1 Å². The zero-order valence-electron chi connectivity index (χ0n) is 14.4. The van der Waals surface area contributed by atoms with E-state index in [4.69, 9.17) is 9.47 Å². The second-order valence-corrected chi connectivity index (χ2v) is 6.20. The predicted molar refractivity (Wildman–Crippen MR) is 99.4 cm³/mol. The first-order valence-electron chi connectivity index (χ1n) is 7.93. The van der Waals surface area contributed by atoms with Crippen molar-refractivity contribution < 1.29 is 19.1 Å². The Labute approximate surface area is 151 Å². The minimum atomic E-state index is -0.855. The molecule has 1 amide bonds. The molecule has 0 fully saturated rings. The molecule has 1 heterocycles. The number of thiophene rings is 1. The van der Waals surface area contributed by atoms with Crippen LogP contribution in [0.15, 0.2) is 41.8 Å². The Kier molecular flexibility index (Phi) is 6.77. The average molecular weight is 359 g/mol. The van der Waals surface area contributed by atoms with Gasteiger partial charge in [0.15, 0.2) is 6.10 Å². The highest BCUT2D eigenvalue weighted by molar-refractivity contribution is 7.11. The summed E-state index contributed by atoms with van der Waals surface area (Å²) < 4.78 is 10.5. The second kappa shape index (κ2) is 9.03. The molecular weight excluding hydrogens is 338 g/mol. The molecule has 0 saturated heterocycles. The quantitative estimate of drug-likeness (QED) is 0.608. The lowest BCUT2D eigenvalue weighted by molar-refractivity contribution is -0.149. The van der Waals surface area contributed by atoms with Gasteiger partial charge in [0.05, 0.1) is 12.7 Å². The number of methoxy groups -OCH3 is 1. The third-order valence-corrected chi connectivity index (χ3v) is 4.34. The van der Waals surface area contributed by atoms with Crippen LogP contribution in [0.25, 0.3) is 11.6 Å². The molecule has 0 aliphatic carbocycles. The summed E-state index contributed by atoms with van der Waals surface area (Å²) in [4.78, 5) is 25.2. The van der Waals surface area contributed by atoms with Gasteiger partial charge in [0, 0.05) is 11.4 Å². The SMILES string of the molecule is CCNC(=O)[C@@H](C)OC(=O)/C(=C/c1ccc(OC)cc1)c1cccs1. The average Bonchev–Trinajstić information content (AvgIpc) is 3.14. The Morgan fingerprint density at radius 1 is 1.24 bits per heavy atom. The maximum Gasteiger partial charge on any atom is 0.340 e. The molecule has 6 heteroatoms. The van der Waals surface area contributed by atoms with E-state index in [1.54, 1.807) is 20.1 Å². The molecule has 1 N–H and O–H groups in total. The predicted octanol–water partition coefficient (Wildman–Crippen LogP) is 3.37. The van der Waals surface area contributed by atoms with E-state index in [0.29, 0.717) is 12.1 Å². The largest absolute Gasteiger partial charge is 0.497 e. The van der Waals surface area contributed by atoms with Crippen molar-refractivity contribution >= 4 is 34.9 Å². The smallest absolute Gasteiger partial charge is 0.340 e. The number of benzene rings is 1. The third-order valence-electron chi connectivity index (χ3n) is 3.44. The van der Waals surface area contributed by atoms with Crippen molar-refractivity contribution in [2.24, 2.45) is 0 Å². The van der Waals surface area contributed by atoms with Gasteiger partial charge in [-0.05, 0) is 49.1 Å². The normalized spacial score (nSPS) is 12.4. The summed E-state index contributed by atoms with van der Waals surface area (Å²) >= 11 is 1.44. The van der Waals surface area contributed by atoms with Gasteiger partial charge in [-0.25, -0.2) is 4.79 Å². The number of nitrogens with one attached hydrogen (secondary N) is 1. The molecule has 5 nitrogen and oxygen atoms in total. The van der Waals surface area contributed by atoms with Gasteiger partial charge in [-0.1, -0.05) is 18.2 Å². The van der Waals surface area contributed by atoms with Crippen LogP contribution >= 0.6 is 11.3 Å². The third kappa shape index (κ3) is 5.19. The highest BCUT2D eigenvalue weighted by Gasteiger charge is 2.21. The molecule has 132 valence electrons. The van der Waals surface area contributed by atoms with E-state index in [1.165, 1.54) is 11.3 Å². The molecule has 25 heavy (non-hydrogen) atoms. The summed E-state index contributed by atoms with van der Waals surface area (Å²) in [5, 5.41) is 4.53. The summed E-state index contributed by atoms with van der Waals surface area (Å²) in [6.45, 7) is 3.86. The first-order chi connectivity index (χ1) is 12.0. The number of hydrogen-bond acceptors (Lipinski definition) is 5. The molecule has 2 aromatic rings. The maximum atomic E-state index is 12.6. The molecule has 1 aromatic heterocycles. The lowest BCUT2D eigenvalue weighted by Crippen LogP contribution is -2.35. The summed E-state index contributed by atoms with van der Waals surface area (Å²) in [6.07, 6.45) is 0.893. The molecule has 2 rings (SSSR count). The number of amides is 1. The molecule has 1 aromatic carbocycles. The molecular formula is C19H21NO4S. The number of hydrogen-bond donors (Lipinski definition) is 1. The molecule has 0 aliphatic heterocycles. The molecule has 0 radical (unpaired) electrons. The fraction of sp³-hybridized carbons (Fsp3) is 0.263. The summed E-state index contributed by atoms with van der Waals surface area (Å²) in [7, 11) is 1.60. The number of rotatable bonds is 7. The Hall–Kier alpha value is -2.60. The van der Waals surface area contributed by atoms with Gasteiger partial charge >= 0.3 is 5.97 Å². The van der Waals surface area contributed by atoms with Crippen LogP contribution in [-0.4, -0.2) is 31.6 Å². The van der Waals surface area contributed by atoms with Crippen LogP contribution in [-0.2, 0) is 14.3 Å². The van der Waals surface area contributed by atoms with E-state index in [2.05, 4.69) is 5.32 Å². The first-order valence-corrected chi connectivity index (χ1v) is 8.81. The number of likely N-dealkylation sites (N-methyl/N-ethyl adjacent to an activating group) is 1. The monoisotopic (exact) mass is 359 g/mol. The van der Waals surface area contributed by atoms with Crippen molar-refractivity contribution in [2.45, 2.75) is 20.0 Å². The van der Waals surface area contributed by atoms with Crippen LogP contribution in [0.4, 0.5) is 0 Å². The zero-order valence-corrected chi connectivity index (χ0v) is 15.3. The number of carbonyl (C=O) groups is 2. The van der Waals surface area contributed by atoms with E-state index in [9.17, 15) is 9.59 Å². The van der Waals surface area contributed by atoms with Crippen LogP contribution in [0.5, 0.6) is 5.75 Å². The van der Waals surface area contributed by atoms with Gasteiger partial charge in [-0.15, -0.1) is 11.3 Å². The maximum absolute atomic E-state index is 12.6. The lowest BCUT2D eigenvalue weighted by atomic mass is 10.1. The number of esters is 1. The van der Waals surface area contributed by atoms with Crippen LogP contribution in [0.1, 0.15) is 24.3 Å². The fourth-order valence-electron chi connectivity index (χ4n) is 2.12. The Balaban J connectivity index is 2.25. The zero-order chi connectivity index (χ0) is 18.2. The highest BCUT2D eigenvalue weighted by atomic mass is 32.1. The van der Waals surface area contributed by atoms with Crippen molar-refractivity contribution in [3.63, 3.8) is 0 Å². The standard InChI is InChI=1S/C19H21NO4S/c1-4-20-18(21)13(2)24-19(22)16(17-6-5-11-25-17)12-14-7-9-15(23-3)10-8-14/h5-13H,4H2,1-3H3,(H,20,21)/b16-12+/t13-/m1/s1. The van der Waals surface area contributed by atoms with Gasteiger partial charge in [0.25, 0.3) is 5.91 Å². The number of ether oxygens (including phenoxy) is 2. The Bertz CT molecular complexity index is 735.